The van der Waals surface area contributed by atoms with Crippen molar-refractivity contribution in [2.75, 3.05) is 0 Å². The molecule has 4 heteroatoms. The lowest BCUT2D eigenvalue weighted by Crippen LogP contribution is -2.33. The molecule has 0 aliphatic carbocycles. The van der Waals surface area contributed by atoms with E-state index < -0.39 is 0 Å². The van der Waals surface area contributed by atoms with Crippen LogP contribution in [-0.4, -0.2) is 15.3 Å². The molecular formula is C9H10N2O2. The molecule has 0 radical (unpaired) electrons. The molecule has 1 aliphatic rings. The Bertz CT molecular complexity index is 408. The first-order valence-corrected chi connectivity index (χ1v) is 4.31. The van der Waals surface area contributed by atoms with Crippen LogP contribution in [-0.2, 0) is 0 Å². The molecule has 0 bridgehead atoms. The molecule has 2 rings (SSSR count). The number of rotatable bonds is 0. The lowest BCUT2D eigenvalue weighted by molar-refractivity contribution is 0.0934. The van der Waals surface area contributed by atoms with Gasteiger partial charge in [-0.1, -0.05) is 0 Å². The van der Waals surface area contributed by atoms with E-state index in [-0.39, 0.29) is 17.4 Å². The van der Waals surface area contributed by atoms with Crippen molar-refractivity contribution >= 4 is 5.78 Å². The Morgan fingerprint density at radius 1 is 1.54 bits per heavy atom. The Morgan fingerprint density at radius 2 is 2.31 bits per heavy atom. The normalized spacial score (nSPS) is 21.3. The van der Waals surface area contributed by atoms with Crippen molar-refractivity contribution in [3.8, 4) is 0 Å². The molecule has 1 aromatic heterocycles. The second kappa shape index (κ2) is 2.80. The molecule has 0 N–H and O–H groups in total. The van der Waals surface area contributed by atoms with Gasteiger partial charge in [-0.2, -0.15) is 0 Å². The van der Waals surface area contributed by atoms with Gasteiger partial charge in [-0.15, -0.1) is 0 Å². The van der Waals surface area contributed by atoms with Gasteiger partial charge in [0.2, 0.25) is 0 Å². The highest BCUT2D eigenvalue weighted by Crippen LogP contribution is 2.19. The fourth-order valence-corrected chi connectivity index (χ4v) is 1.63. The highest BCUT2D eigenvalue weighted by molar-refractivity contribution is 5.93. The summed E-state index contributed by atoms with van der Waals surface area (Å²) in [5, 5.41) is 0. The van der Waals surface area contributed by atoms with E-state index in [0.717, 1.165) is 6.42 Å². The number of hydrogen-bond donors (Lipinski definition) is 0. The predicted octanol–water partition coefficient (Wildman–Crippen LogP) is 0.781. The second-order valence-electron chi connectivity index (χ2n) is 3.29. The average Bonchev–Trinajstić information content (AvgIpc) is 2.12. The molecule has 0 saturated carbocycles. The quantitative estimate of drug-likeness (QED) is 0.590. The van der Waals surface area contributed by atoms with Gasteiger partial charge in [-0.3, -0.25) is 14.2 Å². The van der Waals surface area contributed by atoms with Crippen molar-refractivity contribution in [1.82, 2.24) is 9.55 Å². The zero-order valence-electron chi connectivity index (χ0n) is 7.36. The van der Waals surface area contributed by atoms with Crippen molar-refractivity contribution in [2.24, 2.45) is 0 Å². The Kier molecular flexibility index (Phi) is 1.76. The van der Waals surface area contributed by atoms with E-state index in [1.54, 1.807) is 0 Å². The lowest BCUT2D eigenvalue weighted by Gasteiger charge is -2.21. The van der Waals surface area contributed by atoms with Gasteiger partial charge >= 0.3 is 0 Å². The number of fused-ring (bicyclic) bond motifs is 1. The Balaban J connectivity index is 2.70. The third-order valence-corrected chi connectivity index (χ3v) is 2.36. The SMILES string of the molecule is CC1CCC(=O)c2nccc(=O)n21. The van der Waals surface area contributed by atoms with Crippen LogP contribution in [0.4, 0.5) is 0 Å². The molecule has 0 amide bonds. The van der Waals surface area contributed by atoms with Crippen LogP contribution >= 0.6 is 0 Å². The van der Waals surface area contributed by atoms with Gasteiger partial charge < -0.3 is 0 Å². The molecule has 1 aromatic rings. The molecule has 1 aliphatic heterocycles. The largest absolute Gasteiger partial charge is 0.291 e. The van der Waals surface area contributed by atoms with Crippen LogP contribution in [0.5, 0.6) is 0 Å². The first kappa shape index (κ1) is 8.16. The summed E-state index contributed by atoms with van der Waals surface area (Å²) < 4.78 is 1.48. The van der Waals surface area contributed by atoms with Crippen molar-refractivity contribution in [3.63, 3.8) is 0 Å². The van der Waals surface area contributed by atoms with Gasteiger partial charge in [0.15, 0.2) is 11.6 Å². The fraction of sp³-hybridized carbons (Fsp3) is 0.444. The van der Waals surface area contributed by atoms with E-state index in [1.807, 2.05) is 6.92 Å². The van der Waals surface area contributed by atoms with Crippen LogP contribution in [0.1, 0.15) is 36.4 Å². The first-order valence-electron chi connectivity index (χ1n) is 4.31. The van der Waals surface area contributed by atoms with Crippen LogP contribution in [0.2, 0.25) is 0 Å². The zero-order valence-corrected chi connectivity index (χ0v) is 7.36. The number of ketones is 1. The minimum Gasteiger partial charge on any atom is -0.291 e. The highest BCUT2D eigenvalue weighted by Gasteiger charge is 2.23. The molecule has 1 unspecified atom stereocenters. The van der Waals surface area contributed by atoms with E-state index in [4.69, 9.17) is 0 Å². The topological polar surface area (TPSA) is 52.0 Å². The second-order valence-corrected chi connectivity index (χ2v) is 3.29. The van der Waals surface area contributed by atoms with Crippen molar-refractivity contribution in [2.45, 2.75) is 25.8 Å². The average molecular weight is 178 g/mol. The summed E-state index contributed by atoms with van der Waals surface area (Å²) >= 11 is 0. The molecule has 0 aromatic carbocycles. The molecule has 68 valence electrons. The maximum Gasteiger partial charge on any atom is 0.254 e. The smallest absolute Gasteiger partial charge is 0.254 e. The van der Waals surface area contributed by atoms with Crippen LogP contribution < -0.4 is 5.56 Å². The van der Waals surface area contributed by atoms with Gasteiger partial charge in [0.05, 0.1) is 0 Å². The summed E-state index contributed by atoms with van der Waals surface area (Å²) in [6.07, 6.45) is 2.62. The van der Waals surface area contributed by atoms with E-state index >= 15 is 0 Å². The zero-order chi connectivity index (χ0) is 9.42. The first-order chi connectivity index (χ1) is 6.20. The molecule has 2 heterocycles. The van der Waals surface area contributed by atoms with Crippen LogP contribution in [0, 0.1) is 0 Å². The van der Waals surface area contributed by atoms with Gasteiger partial charge in [0.25, 0.3) is 5.56 Å². The van der Waals surface area contributed by atoms with Crippen molar-refractivity contribution in [3.05, 3.63) is 28.4 Å². The summed E-state index contributed by atoms with van der Waals surface area (Å²) in [6, 6.07) is 1.48. The number of carbonyl (C=O) groups is 1. The Morgan fingerprint density at radius 3 is 3.00 bits per heavy atom. The molecular weight excluding hydrogens is 168 g/mol. The molecule has 13 heavy (non-hydrogen) atoms. The van der Waals surface area contributed by atoms with Crippen molar-refractivity contribution in [1.29, 1.82) is 0 Å². The molecule has 0 spiro atoms. The number of carbonyl (C=O) groups excluding carboxylic acids is 1. The fourth-order valence-electron chi connectivity index (χ4n) is 1.63. The van der Waals surface area contributed by atoms with E-state index in [1.165, 1.54) is 16.8 Å². The summed E-state index contributed by atoms with van der Waals surface area (Å²) in [5.41, 5.74) is -0.134. The maximum atomic E-state index is 11.4. The van der Waals surface area contributed by atoms with Gasteiger partial charge in [-0.25, -0.2) is 4.98 Å². The van der Waals surface area contributed by atoms with Crippen LogP contribution in [0.15, 0.2) is 17.1 Å². The van der Waals surface area contributed by atoms with E-state index in [9.17, 15) is 9.59 Å². The standard InChI is InChI=1S/C9H10N2O2/c1-6-2-3-7(12)9-10-5-4-8(13)11(6)9/h4-6H,2-3H2,1H3. The third-order valence-electron chi connectivity index (χ3n) is 2.36. The van der Waals surface area contributed by atoms with Crippen LogP contribution in [0.3, 0.4) is 0 Å². The number of hydrogen-bond acceptors (Lipinski definition) is 3. The summed E-state index contributed by atoms with van der Waals surface area (Å²) in [4.78, 5) is 26.7. The maximum absolute atomic E-state index is 11.4. The molecule has 4 nitrogen and oxygen atoms in total. The highest BCUT2D eigenvalue weighted by atomic mass is 16.1. The van der Waals surface area contributed by atoms with Gasteiger partial charge in [0.1, 0.15) is 0 Å². The monoisotopic (exact) mass is 178 g/mol. The van der Waals surface area contributed by atoms with E-state index in [0.29, 0.717) is 12.2 Å². The lowest BCUT2D eigenvalue weighted by atomic mass is 10.0. The van der Waals surface area contributed by atoms with Gasteiger partial charge in [0, 0.05) is 24.7 Å². The Labute approximate surface area is 75.2 Å². The van der Waals surface area contributed by atoms with Crippen LogP contribution in [0.25, 0.3) is 0 Å². The number of aromatic nitrogens is 2. The Hall–Kier alpha value is -1.45. The molecule has 0 saturated heterocycles. The number of nitrogens with zero attached hydrogens (tertiary/aromatic N) is 2. The molecule has 0 fully saturated rings. The summed E-state index contributed by atoms with van der Waals surface area (Å²) in [5.74, 6) is 0.280. The van der Waals surface area contributed by atoms with Crippen molar-refractivity contribution < 1.29 is 4.79 Å². The predicted molar refractivity (Wildman–Crippen MR) is 46.8 cm³/mol. The van der Waals surface area contributed by atoms with Gasteiger partial charge in [-0.05, 0) is 13.3 Å². The third kappa shape index (κ3) is 1.18. The van der Waals surface area contributed by atoms with E-state index in [2.05, 4.69) is 4.98 Å². The minimum atomic E-state index is -0.134. The summed E-state index contributed by atoms with van der Waals surface area (Å²) in [7, 11) is 0. The summed E-state index contributed by atoms with van der Waals surface area (Å²) in [6.45, 7) is 1.93. The number of Topliss-reactive ketones (excluding diaryl/α,β-unsaturated/α-hetero) is 1. The molecule has 1 atom stereocenters. The minimum absolute atomic E-state index is 0.0317.